The zero-order chi connectivity index (χ0) is 16.6. The molecule has 1 saturated carbocycles. The van der Waals surface area contributed by atoms with E-state index in [1.165, 1.54) is 0 Å². The van der Waals surface area contributed by atoms with Gasteiger partial charge in [-0.3, -0.25) is 4.79 Å². The van der Waals surface area contributed by atoms with Gasteiger partial charge in [0.25, 0.3) is 5.91 Å². The minimum Gasteiger partial charge on any atom is -0.348 e. The van der Waals surface area contributed by atoms with E-state index in [0.717, 1.165) is 36.0 Å². The molecule has 0 aromatic carbocycles. The second-order valence-electron chi connectivity index (χ2n) is 6.55. The highest BCUT2D eigenvalue weighted by Gasteiger charge is 2.32. The van der Waals surface area contributed by atoms with Crippen LogP contribution in [0, 0.1) is 12.8 Å². The molecule has 2 unspecified atom stereocenters. The average Bonchev–Trinajstić information content (AvgIpc) is 3.30. The molecule has 25 heavy (non-hydrogen) atoms. The first-order chi connectivity index (χ1) is 11.0. The highest BCUT2D eigenvalue weighted by molar-refractivity contribution is 6.05. The van der Waals surface area contributed by atoms with Crippen molar-refractivity contribution >= 4 is 41.8 Å². The van der Waals surface area contributed by atoms with Crippen molar-refractivity contribution in [1.29, 1.82) is 0 Å². The van der Waals surface area contributed by atoms with Crippen LogP contribution in [0.1, 0.15) is 55.2 Å². The van der Waals surface area contributed by atoms with E-state index in [0.29, 0.717) is 18.0 Å². The quantitative estimate of drug-likeness (QED) is 0.797. The molecular weight excluding hydrogens is 361 g/mol. The number of aromatic nitrogens is 3. The number of aryl methyl sites for hydroxylation is 1. The van der Waals surface area contributed by atoms with Gasteiger partial charge in [-0.15, -0.1) is 24.8 Å². The molecule has 0 radical (unpaired) electrons. The Morgan fingerprint density at radius 3 is 2.68 bits per heavy atom. The molecule has 1 aliphatic rings. The first-order valence-corrected chi connectivity index (χ1v) is 8.41. The third kappa shape index (κ3) is 4.43. The van der Waals surface area contributed by atoms with E-state index in [9.17, 15) is 4.79 Å². The summed E-state index contributed by atoms with van der Waals surface area (Å²) in [6.45, 7) is 6.61. The third-order valence-corrected chi connectivity index (χ3v) is 4.71. The van der Waals surface area contributed by atoms with Crippen molar-refractivity contribution in [3.8, 4) is 0 Å². The van der Waals surface area contributed by atoms with E-state index in [4.69, 9.17) is 5.73 Å². The molecule has 1 amide bonds. The van der Waals surface area contributed by atoms with Gasteiger partial charge in [-0.2, -0.15) is 5.10 Å². The zero-order valence-electron chi connectivity index (χ0n) is 14.9. The van der Waals surface area contributed by atoms with Crippen LogP contribution in [0.3, 0.4) is 0 Å². The van der Waals surface area contributed by atoms with Gasteiger partial charge in [0.15, 0.2) is 5.65 Å². The Morgan fingerprint density at radius 1 is 1.44 bits per heavy atom. The molecule has 6 nitrogen and oxygen atoms in total. The Kier molecular flexibility index (Phi) is 7.65. The number of nitrogens with one attached hydrogen (secondary N) is 1. The van der Waals surface area contributed by atoms with Crippen molar-refractivity contribution in [2.45, 2.75) is 52.1 Å². The topological polar surface area (TPSA) is 85.8 Å². The maximum absolute atomic E-state index is 12.7. The molecule has 2 atom stereocenters. The van der Waals surface area contributed by atoms with Gasteiger partial charge in [-0.25, -0.2) is 9.67 Å². The van der Waals surface area contributed by atoms with Crippen LogP contribution in [-0.2, 0) is 0 Å². The number of fused-ring (bicyclic) bond motifs is 1. The van der Waals surface area contributed by atoms with E-state index in [1.807, 2.05) is 17.7 Å². The van der Waals surface area contributed by atoms with Crippen LogP contribution in [0.2, 0.25) is 0 Å². The van der Waals surface area contributed by atoms with Gasteiger partial charge < -0.3 is 11.1 Å². The maximum Gasteiger partial charge on any atom is 0.252 e. The zero-order valence-corrected chi connectivity index (χ0v) is 16.5. The van der Waals surface area contributed by atoms with Crippen LogP contribution in [0.15, 0.2) is 12.3 Å². The molecule has 3 rings (SSSR count). The minimum atomic E-state index is -0.0773. The Morgan fingerprint density at radius 2 is 2.12 bits per heavy atom. The first-order valence-electron chi connectivity index (χ1n) is 8.41. The van der Waals surface area contributed by atoms with Crippen molar-refractivity contribution in [3.63, 3.8) is 0 Å². The second kappa shape index (κ2) is 8.83. The van der Waals surface area contributed by atoms with Crippen molar-refractivity contribution < 1.29 is 4.79 Å². The molecule has 1 aliphatic carbocycles. The number of nitrogens with two attached hydrogens (primary N) is 1. The molecule has 2 aromatic rings. The molecule has 2 aromatic heterocycles. The van der Waals surface area contributed by atoms with Gasteiger partial charge in [0, 0.05) is 18.3 Å². The van der Waals surface area contributed by atoms with E-state index in [2.05, 4.69) is 29.2 Å². The molecule has 0 aliphatic heterocycles. The summed E-state index contributed by atoms with van der Waals surface area (Å²) in [5.74, 6) is 0.455. The van der Waals surface area contributed by atoms with Crippen LogP contribution < -0.4 is 11.1 Å². The van der Waals surface area contributed by atoms with Crippen molar-refractivity contribution in [1.82, 2.24) is 20.1 Å². The van der Waals surface area contributed by atoms with Crippen molar-refractivity contribution in [2.75, 3.05) is 6.54 Å². The molecule has 140 valence electrons. The summed E-state index contributed by atoms with van der Waals surface area (Å²) in [5, 5.41) is 8.34. The highest BCUT2D eigenvalue weighted by atomic mass is 35.5. The average molecular weight is 388 g/mol. The highest BCUT2D eigenvalue weighted by Crippen LogP contribution is 2.32. The van der Waals surface area contributed by atoms with Gasteiger partial charge in [-0.1, -0.05) is 6.92 Å². The lowest BCUT2D eigenvalue weighted by Gasteiger charge is -2.16. The lowest BCUT2D eigenvalue weighted by Crippen LogP contribution is -2.41. The first kappa shape index (κ1) is 21.7. The minimum absolute atomic E-state index is 0. The Balaban J connectivity index is 0.00000156. The van der Waals surface area contributed by atoms with Crippen LogP contribution in [0.25, 0.3) is 11.0 Å². The van der Waals surface area contributed by atoms with Crippen molar-refractivity contribution in [2.24, 2.45) is 11.7 Å². The van der Waals surface area contributed by atoms with Crippen molar-refractivity contribution in [3.05, 3.63) is 23.5 Å². The largest absolute Gasteiger partial charge is 0.348 e. The molecule has 2 heterocycles. The molecule has 1 fully saturated rings. The number of nitrogens with zero attached hydrogens (tertiary/aromatic N) is 3. The summed E-state index contributed by atoms with van der Waals surface area (Å²) < 4.78 is 1.90. The monoisotopic (exact) mass is 387 g/mol. The molecule has 0 bridgehead atoms. The van der Waals surface area contributed by atoms with E-state index < -0.39 is 0 Å². The summed E-state index contributed by atoms with van der Waals surface area (Å²) >= 11 is 0. The van der Waals surface area contributed by atoms with Gasteiger partial charge in [0.05, 0.1) is 23.2 Å². The normalized spacial score (nSPS) is 15.8. The standard InChI is InChI=1S/C17H25N5O.2ClH/c1-4-11(3)22-16-14(9-19-22)13(7-10(2)20-16)17(23)21-15(8-18)12-5-6-12;;/h7,9,11-12,15H,4-6,8,18H2,1-3H3,(H,21,23);2*1H. The van der Waals surface area contributed by atoms with Gasteiger partial charge in [-0.05, 0) is 45.1 Å². The van der Waals surface area contributed by atoms with Gasteiger partial charge in [0.1, 0.15) is 0 Å². The van der Waals surface area contributed by atoms with Crippen LogP contribution in [0.5, 0.6) is 0 Å². The fraction of sp³-hybridized carbons (Fsp3) is 0.588. The third-order valence-electron chi connectivity index (χ3n) is 4.71. The number of pyridine rings is 1. The summed E-state index contributed by atoms with van der Waals surface area (Å²) in [5.41, 5.74) is 8.04. The summed E-state index contributed by atoms with van der Waals surface area (Å²) in [6, 6.07) is 2.15. The van der Waals surface area contributed by atoms with Gasteiger partial charge >= 0.3 is 0 Å². The summed E-state index contributed by atoms with van der Waals surface area (Å²) in [6.07, 6.45) is 5.01. The van der Waals surface area contributed by atoms with E-state index >= 15 is 0 Å². The maximum atomic E-state index is 12.7. The molecule has 3 N–H and O–H groups in total. The number of carbonyl (C=O) groups is 1. The number of amides is 1. The number of hydrogen-bond donors (Lipinski definition) is 2. The Hall–Kier alpha value is -1.37. The van der Waals surface area contributed by atoms with E-state index in [-0.39, 0.29) is 42.8 Å². The second-order valence-corrected chi connectivity index (χ2v) is 6.55. The van der Waals surface area contributed by atoms with E-state index in [1.54, 1.807) is 6.20 Å². The lowest BCUT2D eigenvalue weighted by molar-refractivity contribution is 0.0935. The predicted octanol–water partition coefficient (Wildman–Crippen LogP) is 3.02. The summed E-state index contributed by atoms with van der Waals surface area (Å²) in [7, 11) is 0. The number of carbonyl (C=O) groups excluding carboxylic acids is 1. The SMILES string of the molecule is CCC(C)n1ncc2c(C(=O)NC(CN)C3CC3)cc(C)nc21.Cl.Cl. The Bertz CT molecular complexity index is 729. The molecule has 8 heteroatoms. The fourth-order valence-electron chi connectivity index (χ4n) is 2.94. The van der Waals surface area contributed by atoms with Crippen LogP contribution in [0.4, 0.5) is 0 Å². The lowest BCUT2D eigenvalue weighted by atomic mass is 10.1. The molecular formula is C17H27Cl2N5O. The number of rotatable bonds is 6. The van der Waals surface area contributed by atoms with Gasteiger partial charge in [0.2, 0.25) is 0 Å². The number of hydrogen-bond acceptors (Lipinski definition) is 4. The summed E-state index contributed by atoms with van der Waals surface area (Å²) in [4.78, 5) is 17.3. The molecule has 0 spiro atoms. The van der Waals surface area contributed by atoms with Crippen LogP contribution >= 0.6 is 24.8 Å². The Labute approximate surface area is 160 Å². The van der Waals surface area contributed by atoms with Crippen LogP contribution in [-0.4, -0.2) is 33.3 Å². The predicted molar refractivity (Wildman–Crippen MR) is 105 cm³/mol. The number of halogens is 2. The molecule has 0 saturated heterocycles. The fourth-order valence-corrected chi connectivity index (χ4v) is 2.94. The smallest absolute Gasteiger partial charge is 0.252 e.